The van der Waals surface area contributed by atoms with E-state index in [9.17, 15) is 14.9 Å². The molecule has 3 aromatic heterocycles. The van der Waals surface area contributed by atoms with Crippen LogP contribution in [0.1, 0.15) is 46.8 Å². The minimum Gasteiger partial charge on any atom is -0.313 e. The molecule has 0 radical (unpaired) electrons. The van der Waals surface area contributed by atoms with E-state index in [1.165, 1.54) is 12.1 Å². The summed E-state index contributed by atoms with van der Waals surface area (Å²) in [4.78, 5) is 33.3. The normalized spacial score (nSPS) is 13.5. The van der Waals surface area contributed by atoms with E-state index in [0.717, 1.165) is 49.4 Å². The molecule has 0 fully saturated rings. The van der Waals surface area contributed by atoms with Crippen LogP contribution in [0.15, 0.2) is 36.4 Å². The van der Waals surface area contributed by atoms with Crippen molar-refractivity contribution in [2.45, 2.75) is 46.1 Å². The summed E-state index contributed by atoms with van der Waals surface area (Å²) in [6.07, 6.45) is 4.19. The summed E-state index contributed by atoms with van der Waals surface area (Å²) < 4.78 is 3.70. The first kappa shape index (κ1) is 20.8. The van der Waals surface area contributed by atoms with Crippen molar-refractivity contribution in [3.63, 3.8) is 0 Å². The van der Waals surface area contributed by atoms with Gasteiger partial charge in [-0.3, -0.25) is 14.9 Å². The molecule has 10 nitrogen and oxygen atoms in total. The molecular weight excluding hydrogens is 422 g/mol. The third kappa shape index (κ3) is 3.84. The molecule has 1 aliphatic rings. The van der Waals surface area contributed by atoms with Gasteiger partial charge in [0.25, 0.3) is 11.6 Å². The highest BCUT2D eigenvalue weighted by molar-refractivity contribution is 6.11. The first-order valence-electron chi connectivity index (χ1n) is 10.9. The van der Waals surface area contributed by atoms with E-state index in [4.69, 9.17) is 4.98 Å². The number of benzene rings is 1. The van der Waals surface area contributed by atoms with Crippen molar-refractivity contribution in [2.75, 3.05) is 5.32 Å². The summed E-state index contributed by atoms with van der Waals surface area (Å²) in [6, 6.07) is 9.53. The summed E-state index contributed by atoms with van der Waals surface area (Å²) in [6.45, 7) is 4.55. The smallest absolute Gasteiger partial charge is 0.269 e. The van der Waals surface area contributed by atoms with Gasteiger partial charge in [-0.05, 0) is 44.9 Å². The number of rotatable bonds is 4. The maximum Gasteiger partial charge on any atom is 0.269 e. The van der Waals surface area contributed by atoms with E-state index < -0.39 is 4.92 Å². The molecule has 0 bridgehead atoms. The van der Waals surface area contributed by atoms with Crippen LogP contribution in [0.2, 0.25) is 0 Å². The maximum absolute atomic E-state index is 13.4. The Kier molecular flexibility index (Phi) is 5.12. The third-order valence-corrected chi connectivity index (χ3v) is 5.82. The number of carbonyl (C=O) groups excluding carboxylic acids is 1. The van der Waals surface area contributed by atoms with Crippen molar-refractivity contribution in [1.29, 1.82) is 0 Å². The van der Waals surface area contributed by atoms with Crippen LogP contribution in [0, 0.1) is 24.0 Å². The maximum atomic E-state index is 13.4. The highest BCUT2D eigenvalue weighted by Gasteiger charge is 2.22. The molecule has 1 aromatic carbocycles. The second-order valence-electron chi connectivity index (χ2n) is 8.28. The Morgan fingerprint density at radius 2 is 1.85 bits per heavy atom. The van der Waals surface area contributed by atoms with Gasteiger partial charge in [-0.1, -0.05) is 6.42 Å². The van der Waals surface area contributed by atoms with Gasteiger partial charge in [0.2, 0.25) is 0 Å². The van der Waals surface area contributed by atoms with Crippen LogP contribution < -0.4 is 5.32 Å². The molecule has 0 spiro atoms. The lowest BCUT2D eigenvalue weighted by atomic mass is 10.2. The predicted octanol–water partition coefficient (Wildman–Crippen LogP) is 4.12. The second kappa shape index (κ2) is 8.12. The number of carbonyl (C=O) groups is 1. The Hall–Kier alpha value is -4.08. The Morgan fingerprint density at radius 1 is 1.06 bits per heavy atom. The molecule has 5 rings (SSSR count). The van der Waals surface area contributed by atoms with Crippen LogP contribution in [0.5, 0.6) is 0 Å². The Labute approximate surface area is 189 Å². The molecule has 0 unspecified atom stereocenters. The molecule has 0 atom stereocenters. The Balaban J connectivity index is 1.51. The average molecular weight is 445 g/mol. The van der Waals surface area contributed by atoms with Crippen LogP contribution in [0.3, 0.4) is 0 Å². The summed E-state index contributed by atoms with van der Waals surface area (Å²) in [5.74, 6) is 1.14. The number of nitrogens with one attached hydrogen (secondary N) is 1. The summed E-state index contributed by atoms with van der Waals surface area (Å²) in [5, 5.41) is 18.4. The fourth-order valence-electron chi connectivity index (χ4n) is 4.27. The lowest BCUT2D eigenvalue weighted by Gasteiger charge is -2.10. The number of pyridine rings is 1. The lowest BCUT2D eigenvalue weighted by Crippen LogP contribution is -2.16. The number of hydrogen-bond donors (Lipinski definition) is 1. The van der Waals surface area contributed by atoms with Crippen molar-refractivity contribution in [2.24, 2.45) is 0 Å². The van der Waals surface area contributed by atoms with Gasteiger partial charge >= 0.3 is 0 Å². The molecule has 168 valence electrons. The van der Waals surface area contributed by atoms with Crippen molar-refractivity contribution >= 4 is 28.6 Å². The summed E-state index contributed by atoms with van der Waals surface area (Å²) in [7, 11) is 0. The van der Waals surface area contributed by atoms with E-state index in [2.05, 4.69) is 20.0 Å². The first-order chi connectivity index (χ1) is 15.9. The zero-order valence-corrected chi connectivity index (χ0v) is 18.4. The molecule has 4 aromatic rings. The van der Waals surface area contributed by atoms with Gasteiger partial charge in [0, 0.05) is 36.9 Å². The molecule has 0 saturated carbocycles. The molecule has 33 heavy (non-hydrogen) atoms. The monoisotopic (exact) mass is 445 g/mol. The zero-order chi connectivity index (χ0) is 23.1. The number of nitrogens with zero attached hydrogens (tertiary/aromatic N) is 6. The standard InChI is InChI=1S/C23H23N7O3/c1-14-12-18(21-22(24-14)28-11-5-3-4-6-19(28)25-21)23(31)26-20-13-15(2)27-29(20)16-7-9-17(10-8-16)30(32)33/h7-10,12-13H,3-6,11H2,1-2H3,(H,26,31). The molecule has 0 saturated heterocycles. The van der Waals surface area contributed by atoms with Crippen molar-refractivity contribution < 1.29 is 9.72 Å². The van der Waals surface area contributed by atoms with Crippen LogP contribution in [0.4, 0.5) is 11.5 Å². The number of nitro groups is 1. The fraction of sp³-hybridized carbons (Fsp3) is 0.304. The van der Waals surface area contributed by atoms with Gasteiger partial charge in [0.15, 0.2) is 5.65 Å². The van der Waals surface area contributed by atoms with Crippen molar-refractivity contribution in [3.05, 3.63) is 69.3 Å². The van der Waals surface area contributed by atoms with Crippen LogP contribution in [-0.4, -0.2) is 35.1 Å². The van der Waals surface area contributed by atoms with E-state index in [0.29, 0.717) is 28.3 Å². The van der Waals surface area contributed by atoms with Crippen LogP contribution in [0.25, 0.3) is 16.9 Å². The van der Waals surface area contributed by atoms with Gasteiger partial charge < -0.3 is 9.88 Å². The highest BCUT2D eigenvalue weighted by atomic mass is 16.6. The molecule has 1 aliphatic heterocycles. The second-order valence-corrected chi connectivity index (χ2v) is 8.28. The van der Waals surface area contributed by atoms with E-state index >= 15 is 0 Å². The number of aryl methyl sites for hydroxylation is 4. The molecule has 1 amide bonds. The quantitative estimate of drug-likeness (QED) is 0.373. The number of aromatic nitrogens is 5. The first-order valence-corrected chi connectivity index (χ1v) is 10.9. The van der Waals surface area contributed by atoms with Crippen molar-refractivity contribution in [1.82, 2.24) is 24.3 Å². The number of anilines is 1. The fourth-order valence-corrected chi connectivity index (χ4v) is 4.27. The minimum atomic E-state index is -0.454. The summed E-state index contributed by atoms with van der Waals surface area (Å²) >= 11 is 0. The topological polar surface area (TPSA) is 121 Å². The van der Waals surface area contributed by atoms with E-state index in [1.54, 1.807) is 28.9 Å². The van der Waals surface area contributed by atoms with Crippen LogP contribution >= 0.6 is 0 Å². The van der Waals surface area contributed by atoms with Gasteiger partial charge in [0.1, 0.15) is 17.2 Å². The molecule has 10 heteroatoms. The van der Waals surface area contributed by atoms with Gasteiger partial charge in [-0.15, -0.1) is 0 Å². The predicted molar refractivity (Wildman–Crippen MR) is 123 cm³/mol. The number of fused-ring (bicyclic) bond motifs is 3. The van der Waals surface area contributed by atoms with Crippen LogP contribution in [-0.2, 0) is 13.0 Å². The Morgan fingerprint density at radius 3 is 2.61 bits per heavy atom. The van der Waals surface area contributed by atoms with E-state index in [1.807, 2.05) is 13.8 Å². The average Bonchev–Trinajstić information content (AvgIpc) is 3.23. The molecule has 1 N–H and O–H groups in total. The number of non-ortho nitro benzene ring substituents is 1. The lowest BCUT2D eigenvalue weighted by molar-refractivity contribution is -0.384. The number of nitro benzene ring substituents is 1. The summed E-state index contributed by atoms with van der Waals surface area (Å²) in [5.41, 5.74) is 3.86. The molecular formula is C23H23N7O3. The number of amides is 1. The zero-order valence-electron chi connectivity index (χ0n) is 18.4. The molecule has 0 aliphatic carbocycles. The third-order valence-electron chi connectivity index (χ3n) is 5.82. The number of hydrogen-bond acceptors (Lipinski definition) is 6. The number of imidazole rings is 1. The van der Waals surface area contributed by atoms with Crippen molar-refractivity contribution in [3.8, 4) is 5.69 Å². The molecule has 4 heterocycles. The van der Waals surface area contributed by atoms with Gasteiger partial charge in [-0.2, -0.15) is 5.10 Å². The van der Waals surface area contributed by atoms with Gasteiger partial charge in [0.05, 0.1) is 21.9 Å². The highest BCUT2D eigenvalue weighted by Crippen LogP contribution is 2.26. The minimum absolute atomic E-state index is 0.0117. The van der Waals surface area contributed by atoms with Gasteiger partial charge in [-0.25, -0.2) is 14.6 Å². The Bertz CT molecular complexity index is 1390. The van der Waals surface area contributed by atoms with E-state index in [-0.39, 0.29) is 11.6 Å². The SMILES string of the molecule is Cc1cc(C(=O)Nc2cc(C)nn2-c2ccc([N+](=O)[O-])cc2)c2nc3n(c2n1)CCCCC3. The largest absolute Gasteiger partial charge is 0.313 e.